The fourth-order valence-electron chi connectivity index (χ4n) is 4.35. The molecule has 1 N–H and O–H groups in total. The van der Waals surface area contributed by atoms with E-state index in [1.807, 2.05) is 60.7 Å². The minimum atomic E-state index is -1.17. The number of nitrogens with zero attached hydrogens (tertiary/aromatic N) is 3. The summed E-state index contributed by atoms with van der Waals surface area (Å²) in [5.41, 5.74) is 1.30. The lowest BCUT2D eigenvalue weighted by Gasteiger charge is -2.43. The monoisotopic (exact) mass is 474 g/mol. The summed E-state index contributed by atoms with van der Waals surface area (Å²) in [4.78, 5) is 40.9. The van der Waals surface area contributed by atoms with Gasteiger partial charge in [-0.2, -0.15) is 5.10 Å². The Labute approximate surface area is 204 Å². The van der Waals surface area contributed by atoms with E-state index in [4.69, 9.17) is 4.74 Å². The van der Waals surface area contributed by atoms with Crippen LogP contribution in [0.4, 0.5) is 0 Å². The number of rotatable bonds is 9. The van der Waals surface area contributed by atoms with Gasteiger partial charge in [-0.15, -0.1) is 0 Å². The molecule has 1 aliphatic heterocycles. The Morgan fingerprint density at radius 1 is 1.06 bits per heavy atom. The molecule has 0 bridgehead atoms. The minimum Gasteiger partial charge on any atom is -0.461 e. The molecule has 1 aliphatic rings. The van der Waals surface area contributed by atoms with Crippen molar-refractivity contribution in [3.8, 4) is 0 Å². The lowest BCUT2D eigenvalue weighted by atomic mass is 9.94. The number of amides is 2. The van der Waals surface area contributed by atoms with E-state index < -0.39 is 11.5 Å². The van der Waals surface area contributed by atoms with E-state index in [1.165, 1.54) is 16.3 Å². The van der Waals surface area contributed by atoms with Crippen molar-refractivity contribution < 1.29 is 19.1 Å². The van der Waals surface area contributed by atoms with Crippen LogP contribution in [0.5, 0.6) is 0 Å². The van der Waals surface area contributed by atoms with E-state index in [9.17, 15) is 14.4 Å². The van der Waals surface area contributed by atoms with Gasteiger partial charge in [-0.1, -0.05) is 60.7 Å². The molecule has 3 aromatic rings. The summed E-state index contributed by atoms with van der Waals surface area (Å²) in [7, 11) is 0. The summed E-state index contributed by atoms with van der Waals surface area (Å²) in [5, 5.41) is 7.28. The normalized spacial score (nSPS) is 17.1. The van der Waals surface area contributed by atoms with Gasteiger partial charge in [-0.25, -0.2) is 4.79 Å². The maximum absolute atomic E-state index is 13.6. The van der Waals surface area contributed by atoms with Crippen LogP contribution in [0.2, 0.25) is 0 Å². The highest BCUT2D eigenvalue weighted by molar-refractivity contribution is 6.01. The van der Waals surface area contributed by atoms with Crippen LogP contribution in [0.25, 0.3) is 0 Å². The second-order valence-corrected chi connectivity index (χ2v) is 8.78. The Bertz CT molecular complexity index is 1190. The number of hydrogen-bond acceptors (Lipinski definition) is 5. The second kappa shape index (κ2) is 10.5. The molecule has 0 fully saturated rings. The first kappa shape index (κ1) is 24.2. The highest BCUT2D eigenvalue weighted by atomic mass is 16.5. The molecule has 1 atom stereocenters. The molecule has 2 aromatic carbocycles. The van der Waals surface area contributed by atoms with Gasteiger partial charge in [-0.3, -0.25) is 14.3 Å². The third kappa shape index (κ3) is 5.26. The van der Waals surface area contributed by atoms with Crippen LogP contribution in [0.3, 0.4) is 0 Å². The molecule has 4 rings (SSSR count). The third-order valence-corrected chi connectivity index (χ3v) is 6.26. The van der Waals surface area contributed by atoms with E-state index in [2.05, 4.69) is 10.4 Å². The summed E-state index contributed by atoms with van der Waals surface area (Å²) in [5.74, 6) is -1.19. The van der Waals surface area contributed by atoms with Crippen LogP contribution in [-0.2, 0) is 29.0 Å². The number of hydrogen-bond donors (Lipinski definition) is 1. The van der Waals surface area contributed by atoms with Crippen LogP contribution in [0.1, 0.15) is 52.4 Å². The standard InChI is InChI=1S/C27H30N4O4/c1-3-35-25(33)22-17-23-24(32)30(16-10-15-20-11-6-4-7-12-20)27(2,19-31(23)29-22)26(34)28-18-21-13-8-5-9-14-21/h4-9,11-14,17H,3,10,15-16,18-19H2,1-2H3,(H,28,34). The van der Waals surface area contributed by atoms with Crippen LogP contribution in [-0.4, -0.2) is 51.2 Å². The van der Waals surface area contributed by atoms with E-state index in [-0.39, 0.29) is 36.4 Å². The number of carbonyl (C=O) groups excluding carboxylic acids is 3. The van der Waals surface area contributed by atoms with Gasteiger partial charge < -0.3 is 15.0 Å². The highest BCUT2D eigenvalue weighted by Crippen LogP contribution is 2.28. The average molecular weight is 475 g/mol. The van der Waals surface area contributed by atoms with Gasteiger partial charge in [0.2, 0.25) is 5.91 Å². The SMILES string of the molecule is CCOC(=O)c1cc2n(n1)CC(C)(C(=O)NCc1ccccc1)N(CCCc1ccccc1)C2=O. The molecule has 1 aromatic heterocycles. The predicted molar refractivity (Wildman–Crippen MR) is 131 cm³/mol. The quantitative estimate of drug-likeness (QED) is 0.481. The van der Waals surface area contributed by atoms with Gasteiger partial charge >= 0.3 is 5.97 Å². The lowest BCUT2D eigenvalue weighted by molar-refractivity contribution is -0.133. The molecule has 0 spiro atoms. The summed E-state index contributed by atoms with van der Waals surface area (Å²) in [6.45, 7) is 4.55. The second-order valence-electron chi connectivity index (χ2n) is 8.78. The topological polar surface area (TPSA) is 93.5 Å². The lowest BCUT2D eigenvalue weighted by Crippen LogP contribution is -2.64. The molecular weight excluding hydrogens is 444 g/mol. The van der Waals surface area contributed by atoms with Gasteiger partial charge in [0.1, 0.15) is 11.2 Å². The number of ether oxygens (including phenoxy) is 1. The smallest absolute Gasteiger partial charge is 0.358 e. The van der Waals surface area contributed by atoms with Gasteiger partial charge in [0.25, 0.3) is 5.91 Å². The van der Waals surface area contributed by atoms with E-state index >= 15 is 0 Å². The Kier molecular flexibility index (Phi) is 7.29. The Morgan fingerprint density at radius 3 is 2.37 bits per heavy atom. The molecule has 2 amide bonds. The average Bonchev–Trinajstić information content (AvgIpc) is 3.30. The molecule has 0 saturated heterocycles. The molecule has 2 heterocycles. The Balaban J connectivity index is 1.58. The predicted octanol–water partition coefficient (Wildman–Crippen LogP) is 3.22. The van der Waals surface area contributed by atoms with Gasteiger partial charge in [0, 0.05) is 19.2 Å². The zero-order valence-corrected chi connectivity index (χ0v) is 20.1. The van der Waals surface area contributed by atoms with E-state index in [1.54, 1.807) is 18.7 Å². The number of aromatic nitrogens is 2. The molecule has 0 radical (unpaired) electrons. The van der Waals surface area contributed by atoms with Crippen LogP contribution >= 0.6 is 0 Å². The van der Waals surface area contributed by atoms with Crippen molar-refractivity contribution in [1.29, 1.82) is 0 Å². The number of fused-ring (bicyclic) bond motifs is 1. The Hall–Kier alpha value is -3.94. The Morgan fingerprint density at radius 2 is 1.71 bits per heavy atom. The highest BCUT2D eigenvalue weighted by Gasteiger charge is 2.47. The zero-order chi connectivity index (χ0) is 24.8. The summed E-state index contributed by atoms with van der Waals surface area (Å²) < 4.78 is 6.50. The third-order valence-electron chi connectivity index (χ3n) is 6.26. The molecule has 0 aliphatic carbocycles. The number of aryl methyl sites for hydroxylation is 1. The van der Waals surface area contributed by atoms with Crippen molar-refractivity contribution in [2.75, 3.05) is 13.2 Å². The fourth-order valence-corrected chi connectivity index (χ4v) is 4.35. The largest absolute Gasteiger partial charge is 0.461 e. The maximum atomic E-state index is 13.6. The van der Waals surface area contributed by atoms with Crippen LogP contribution in [0.15, 0.2) is 66.7 Å². The first-order valence-corrected chi connectivity index (χ1v) is 11.9. The molecule has 182 valence electrons. The molecule has 1 unspecified atom stereocenters. The molecular formula is C27H30N4O4. The van der Waals surface area contributed by atoms with Crippen molar-refractivity contribution in [3.05, 3.63) is 89.2 Å². The molecule has 8 heteroatoms. The maximum Gasteiger partial charge on any atom is 0.358 e. The van der Waals surface area contributed by atoms with E-state index in [0.717, 1.165) is 12.0 Å². The van der Waals surface area contributed by atoms with Crippen molar-refractivity contribution in [2.45, 2.75) is 45.3 Å². The number of benzene rings is 2. The van der Waals surface area contributed by atoms with Crippen molar-refractivity contribution in [1.82, 2.24) is 20.0 Å². The number of nitrogens with one attached hydrogen (secondary N) is 1. The van der Waals surface area contributed by atoms with Crippen molar-refractivity contribution >= 4 is 17.8 Å². The summed E-state index contributed by atoms with van der Waals surface area (Å²) >= 11 is 0. The zero-order valence-electron chi connectivity index (χ0n) is 20.1. The van der Waals surface area contributed by atoms with Crippen LogP contribution in [0, 0.1) is 0 Å². The molecule has 0 saturated carbocycles. The summed E-state index contributed by atoms with van der Waals surface area (Å²) in [6, 6.07) is 21.1. The molecule has 35 heavy (non-hydrogen) atoms. The fraction of sp³-hybridized carbons (Fsp3) is 0.333. The van der Waals surface area contributed by atoms with Gasteiger partial charge in [-0.05, 0) is 37.8 Å². The first-order valence-electron chi connectivity index (χ1n) is 11.9. The van der Waals surface area contributed by atoms with Crippen molar-refractivity contribution in [2.24, 2.45) is 0 Å². The molecule has 8 nitrogen and oxygen atoms in total. The summed E-state index contributed by atoms with van der Waals surface area (Å²) in [6.07, 6.45) is 1.47. The number of carbonyl (C=O) groups is 3. The minimum absolute atomic E-state index is 0.0633. The van der Waals surface area contributed by atoms with Crippen LogP contribution < -0.4 is 5.32 Å². The van der Waals surface area contributed by atoms with E-state index in [0.29, 0.717) is 19.5 Å². The van der Waals surface area contributed by atoms with Gasteiger partial charge in [0.05, 0.1) is 13.2 Å². The van der Waals surface area contributed by atoms with Gasteiger partial charge in [0.15, 0.2) is 5.69 Å². The van der Waals surface area contributed by atoms with Crippen molar-refractivity contribution in [3.63, 3.8) is 0 Å². The first-order chi connectivity index (χ1) is 16.9. The number of esters is 1.